The minimum Gasteiger partial charge on any atom is -0.491 e. The second-order valence-corrected chi connectivity index (χ2v) is 9.80. The molecule has 0 bridgehead atoms. The summed E-state index contributed by atoms with van der Waals surface area (Å²) >= 11 is 0. The summed E-state index contributed by atoms with van der Waals surface area (Å²) in [7, 11) is 0. The van der Waals surface area contributed by atoms with Crippen molar-refractivity contribution in [2.75, 3.05) is 0 Å². The van der Waals surface area contributed by atoms with Gasteiger partial charge in [0.05, 0.1) is 11.7 Å². The molecule has 3 heteroatoms. The molecule has 0 saturated heterocycles. The lowest BCUT2D eigenvalue weighted by atomic mass is 9.99. The standard InChI is InChI=1S/C31H46O3/c1-5-7-8-12-15-26(4)33-29-23-19-28(20-24-29)31(32)34-30-21-17-27(18-22-30)16-13-10-9-11-14-25(3)6-2/h17-26H,5-16H2,1-4H3/t25-,26+/m0/s1. The number of rotatable bonds is 17. The SMILES string of the molecule is CCCCCC[C@@H](C)Oc1ccc(C(=O)Oc2ccc(CCCCCC[C@@H](C)CC)cc2)cc1. The highest BCUT2D eigenvalue weighted by molar-refractivity contribution is 5.91. The highest BCUT2D eigenvalue weighted by Crippen LogP contribution is 2.20. The maximum absolute atomic E-state index is 12.5. The van der Waals surface area contributed by atoms with Gasteiger partial charge in [0.15, 0.2) is 0 Å². The Labute approximate surface area is 208 Å². The Morgan fingerprint density at radius 1 is 0.735 bits per heavy atom. The van der Waals surface area contributed by atoms with Crippen LogP contribution in [0.25, 0.3) is 0 Å². The van der Waals surface area contributed by atoms with Gasteiger partial charge in [0.25, 0.3) is 0 Å². The predicted molar refractivity (Wildman–Crippen MR) is 143 cm³/mol. The monoisotopic (exact) mass is 466 g/mol. The van der Waals surface area contributed by atoms with Gasteiger partial charge in [-0.05, 0) is 80.5 Å². The molecule has 0 spiro atoms. The summed E-state index contributed by atoms with van der Waals surface area (Å²) in [4.78, 5) is 12.5. The number of hydrogen-bond donors (Lipinski definition) is 0. The molecule has 2 rings (SSSR count). The van der Waals surface area contributed by atoms with Crippen LogP contribution in [0.15, 0.2) is 48.5 Å². The third-order valence-corrected chi connectivity index (χ3v) is 6.63. The Morgan fingerprint density at radius 3 is 2.03 bits per heavy atom. The van der Waals surface area contributed by atoms with Crippen LogP contribution in [0.4, 0.5) is 0 Å². The van der Waals surface area contributed by atoms with E-state index >= 15 is 0 Å². The first-order valence-corrected chi connectivity index (χ1v) is 13.6. The largest absolute Gasteiger partial charge is 0.491 e. The summed E-state index contributed by atoms with van der Waals surface area (Å²) in [6.07, 6.45) is 15.1. The maximum Gasteiger partial charge on any atom is 0.343 e. The summed E-state index contributed by atoms with van der Waals surface area (Å²) < 4.78 is 11.5. The average molecular weight is 467 g/mol. The van der Waals surface area contributed by atoms with Crippen molar-refractivity contribution in [3.8, 4) is 11.5 Å². The quantitative estimate of drug-likeness (QED) is 0.132. The molecule has 34 heavy (non-hydrogen) atoms. The summed E-state index contributed by atoms with van der Waals surface area (Å²) in [5, 5.41) is 0. The molecule has 188 valence electrons. The van der Waals surface area contributed by atoms with E-state index in [1.165, 1.54) is 69.8 Å². The maximum atomic E-state index is 12.5. The van der Waals surface area contributed by atoms with Crippen LogP contribution >= 0.6 is 0 Å². The van der Waals surface area contributed by atoms with Gasteiger partial charge in [-0.15, -0.1) is 0 Å². The third kappa shape index (κ3) is 11.2. The van der Waals surface area contributed by atoms with Crippen molar-refractivity contribution in [2.45, 2.75) is 111 Å². The molecule has 2 aromatic carbocycles. The molecule has 0 N–H and O–H groups in total. The molecular weight excluding hydrogens is 420 g/mol. The zero-order valence-corrected chi connectivity index (χ0v) is 22.0. The van der Waals surface area contributed by atoms with Crippen molar-refractivity contribution < 1.29 is 14.3 Å². The van der Waals surface area contributed by atoms with Crippen LogP contribution in [0.1, 0.15) is 114 Å². The minimum atomic E-state index is -0.340. The first-order valence-electron chi connectivity index (χ1n) is 13.6. The lowest BCUT2D eigenvalue weighted by Gasteiger charge is -2.14. The van der Waals surface area contributed by atoms with E-state index in [1.54, 1.807) is 12.1 Å². The van der Waals surface area contributed by atoms with Crippen LogP contribution in [0.5, 0.6) is 11.5 Å². The highest BCUT2D eigenvalue weighted by Gasteiger charge is 2.10. The van der Waals surface area contributed by atoms with Crippen LogP contribution in [-0.4, -0.2) is 12.1 Å². The molecule has 0 aromatic heterocycles. The van der Waals surface area contributed by atoms with E-state index < -0.39 is 0 Å². The highest BCUT2D eigenvalue weighted by atomic mass is 16.5. The van der Waals surface area contributed by atoms with Crippen molar-refractivity contribution in [3.05, 3.63) is 59.7 Å². The lowest BCUT2D eigenvalue weighted by Crippen LogP contribution is -2.12. The van der Waals surface area contributed by atoms with Crippen molar-refractivity contribution in [3.63, 3.8) is 0 Å². The van der Waals surface area contributed by atoms with Gasteiger partial charge < -0.3 is 9.47 Å². The molecule has 2 aromatic rings. The van der Waals surface area contributed by atoms with E-state index in [-0.39, 0.29) is 12.1 Å². The Kier molecular flexibility index (Phi) is 13.4. The molecule has 0 aliphatic heterocycles. The first kappa shape index (κ1) is 28.0. The zero-order valence-electron chi connectivity index (χ0n) is 22.0. The number of esters is 1. The van der Waals surface area contributed by atoms with Gasteiger partial charge >= 0.3 is 5.97 Å². The molecule has 0 unspecified atom stereocenters. The minimum absolute atomic E-state index is 0.179. The third-order valence-electron chi connectivity index (χ3n) is 6.63. The first-order chi connectivity index (χ1) is 16.5. The van der Waals surface area contributed by atoms with E-state index in [0.717, 1.165) is 24.5 Å². The number of carbonyl (C=O) groups is 1. The fraction of sp³-hybridized carbons (Fsp3) is 0.581. The van der Waals surface area contributed by atoms with Gasteiger partial charge in [-0.3, -0.25) is 0 Å². The molecule has 0 radical (unpaired) electrons. The predicted octanol–water partition coefficient (Wildman–Crippen LogP) is 9.18. The number of benzene rings is 2. The second-order valence-electron chi connectivity index (χ2n) is 9.80. The molecule has 0 fully saturated rings. The van der Waals surface area contributed by atoms with Gasteiger partial charge in [0, 0.05) is 0 Å². The van der Waals surface area contributed by atoms with Crippen LogP contribution in [0.3, 0.4) is 0 Å². The van der Waals surface area contributed by atoms with E-state index in [1.807, 2.05) is 24.3 Å². The van der Waals surface area contributed by atoms with Gasteiger partial charge in [-0.25, -0.2) is 4.79 Å². The summed E-state index contributed by atoms with van der Waals surface area (Å²) in [6.45, 7) is 8.94. The smallest absolute Gasteiger partial charge is 0.343 e. The zero-order chi connectivity index (χ0) is 24.6. The fourth-order valence-corrected chi connectivity index (χ4v) is 4.09. The van der Waals surface area contributed by atoms with E-state index in [9.17, 15) is 4.79 Å². The Hall–Kier alpha value is -2.29. The number of hydrogen-bond acceptors (Lipinski definition) is 3. The topological polar surface area (TPSA) is 35.5 Å². The molecule has 3 nitrogen and oxygen atoms in total. The molecule has 0 amide bonds. The van der Waals surface area contributed by atoms with Crippen molar-refractivity contribution in [2.24, 2.45) is 5.92 Å². The number of unbranched alkanes of at least 4 members (excludes halogenated alkanes) is 6. The van der Waals surface area contributed by atoms with Gasteiger partial charge in [-0.2, -0.15) is 0 Å². The summed E-state index contributed by atoms with van der Waals surface area (Å²) in [5.41, 5.74) is 1.83. The van der Waals surface area contributed by atoms with Crippen LogP contribution in [-0.2, 0) is 6.42 Å². The normalized spacial score (nSPS) is 12.8. The Balaban J connectivity index is 1.70. The summed E-state index contributed by atoms with van der Waals surface area (Å²) in [6, 6.07) is 15.2. The van der Waals surface area contributed by atoms with Crippen LogP contribution < -0.4 is 9.47 Å². The van der Waals surface area contributed by atoms with Crippen molar-refractivity contribution in [1.82, 2.24) is 0 Å². The lowest BCUT2D eigenvalue weighted by molar-refractivity contribution is 0.0734. The van der Waals surface area contributed by atoms with Gasteiger partial charge in [0.1, 0.15) is 11.5 Å². The molecule has 2 atom stereocenters. The molecule has 0 aliphatic carbocycles. The van der Waals surface area contributed by atoms with Gasteiger partial charge in [-0.1, -0.05) is 84.3 Å². The second kappa shape index (κ2) is 16.4. The van der Waals surface area contributed by atoms with E-state index in [2.05, 4.69) is 39.8 Å². The number of ether oxygens (including phenoxy) is 2. The Bertz CT molecular complexity index is 794. The van der Waals surface area contributed by atoms with Crippen LogP contribution in [0.2, 0.25) is 0 Å². The molecule has 0 saturated carbocycles. The summed E-state index contributed by atoms with van der Waals surface area (Å²) in [5.74, 6) is 1.90. The van der Waals surface area contributed by atoms with Gasteiger partial charge in [0.2, 0.25) is 0 Å². The van der Waals surface area contributed by atoms with Crippen molar-refractivity contribution >= 4 is 5.97 Å². The Morgan fingerprint density at radius 2 is 1.35 bits per heavy atom. The molecule has 0 heterocycles. The number of carbonyl (C=O) groups excluding carboxylic acids is 1. The molecule has 0 aliphatic rings. The molecular formula is C31H46O3. The fourth-order valence-electron chi connectivity index (χ4n) is 4.09. The number of aryl methyl sites for hydroxylation is 1. The van der Waals surface area contributed by atoms with Crippen LogP contribution in [0, 0.1) is 5.92 Å². The van der Waals surface area contributed by atoms with Crippen molar-refractivity contribution in [1.29, 1.82) is 0 Å². The van der Waals surface area contributed by atoms with E-state index in [4.69, 9.17) is 9.47 Å². The van der Waals surface area contributed by atoms with E-state index in [0.29, 0.717) is 11.3 Å². The average Bonchev–Trinajstić information content (AvgIpc) is 2.85.